The lowest BCUT2D eigenvalue weighted by molar-refractivity contribution is 0.120. The molecular weight excluding hydrogens is 352 g/mol. The lowest BCUT2D eigenvalue weighted by atomic mass is 10.2. The molecule has 0 unspecified atom stereocenters. The molecule has 3 rings (SSSR count). The summed E-state index contributed by atoms with van der Waals surface area (Å²) < 4.78 is 37.6. The summed E-state index contributed by atoms with van der Waals surface area (Å²) in [7, 11) is -3.73. The van der Waals surface area contributed by atoms with E-state index >= 15 is 0 Å². The average Bonchev–Trinajstić information content (AvgIpc) is 3.08. The minimum Gasteiger partial charge on any atom is -0.424 e. The van der Waals surface area contributed by atoms with Gasteiger partial charge in [0, 0.05) is 19.5 Å². The largest absolute Gasteiger partial charge is 0.424 e. The minimum absolute atomic E-state index is 0.0229. The maximum Gasteiger partial charge on any atom is 0.236 e. The second-order valence-corrected chi connectivity index (χ2v) is 8.46. The van der Waals surface area contributed by atoms with Crippen LogP contribution in [0.4, 0.5) is 5.88 Å². The molecule has 0 atom stereocenters. The van der Waals surface area contributed by atoms with Crippen LogP contribution >= 0.6 is 0 Å². The molecule has 6 nitrogen and oxygen atoms in total. The van der Waals surface area contributed by atoms with E-state index in [1.165, 1.54) is 0 Å². The Morgan fingerprint density at radius 1 is 1.12 bits per heavy atom. The summed E-state index contributed by atoms with van der Waals surface area (Å²) in [4.78, 5) is 6.55. The van der Waals surface area contributed by atoms with Crippen LogP contribution in [0, 0.1) is 6.92 Å². The van der Waals surface area contributed by atoms with Crippen molar-refractivity contribution in [3.8, 4) is 0 Å². The van der Waals surface area contributed by atoms with Gasteiger partial charge in [-0.15, -0.1) is 0 Å². The molecule has 26 heavy (non-hydrogen) atoms. The first kappa shape index (κ1) is 18.9. The van der Waals surface area contributed by atoms with Gasteiger partial charge in [-0.2, -0.15) is 4.98 Å². The molecule has 2 aromatic rings. The third-order valence-electron chi connectivity index (χ3n) is 4.50. The summed E-state index contributed by atoms with van der Waals surface area (Å²) in [5.41, 5.74) is 1.01. The van der Waals surface area contributed by atoms with Gasteiger partial charge in [0.25, 0.3) is 0 Å². The van der Waals surface area contributed by atoms with Gasteiger partial charge >= 0.3 is 0 Å². The fourth-order valence-electron chi connectivity index (χ4n) is 2.94. The third-order valence-corrected chi connectivity index (χ3v) is 6.17. The Labute approximate surface area is 155 Å². The summed E-state index contributed by atoms with van der Waals surface area (Å²) in [5, 5.41) is 0.0229. The lowest BCUT2D eigenvalue weighted by Crippen LogP contribution is -2.36. The number of benzene rings is 1. The number of aromatic nitrogens is 1. The molecule has 1 aliphatic heterocycles. The summed E-state index contributed by atoms with van der Waals surface area (Å²) >= 11 is 0. The van der Waals surface area contributed by atoms with Gasteiger partial charge < -0.3 is 14.1 Å². The first-order valence-electron chi connectivity index (χ1n) is 9.16. The molecule has 2 heterocycles. The van der Waals surface area contributed by atoms with Crippen LogP contribution in [0.25, 0.3) is 0 Å². The molecule has 1 aliphatic rings. The van der Waals surface area contributed by atoms with Gasteiger partial charge in [-0.25, -0.2) is 8.42 Å². The van der Waals surface area contributed by atoms with Crippen molar-refractivity contribution in [2.75, 3.05) is 31.2 Å². The summed E-state index contributed by atoms with van der Waals surface area (Å²) in [6.45, 7) is 6.35. The summed E-state index contributed by atoms with van der Waals surface area (Å²) in [5.74, 6) is 0.839. The second kappa shape index (κ2) is 8.22. The average molecular weight is 378 g/mol. The zero-order valence-electron chi connectivity index (χ0n) is 15.4. The van der Waals surface area contributed by atoms with E-state index < -0.39 is 9.84 Å². The molecule has 142 valence electrons. The van der Waals surface area contributed by atoms with E-state index in [0.717, 1.165) is 24.8 Å². The number of sulfone groups is 1. The number of oxazole rings is 1. The zero-order chi connectivity index (χ0) is 18.6. The number of anilines is 1. The number of morpholine rings is 1. The first-order chi connectivity index (χ1) is 12.5. The number of unbranched alkanes of at least 4 members (excludes halogenated alkanes) is 2. The maximum atomic E-state index is 13.2. The zero-order valence-corrected chi connectivity index (χ0v) is 16.2. The van der Waals surface area contributed by atoms with Crippen LogP contribution in [0.3, 0.4) is 0 Å². The normalized spacial score (nSPS) is 15.4. The highest BCUT2D eigenvalue weighted by Gasteiger charge is 2.31. The lowest BCUT2D eigenvalue weighted by Gasteiger charge is -2.26. The molecule has 1 fully saturated rings. The van der Waals surface area contributed by atoms with Crippen LogP contribution in [0.15, 0.2) is 38.6 Å². The molecule has 0 aliphatic carbocycles. The Morgan fingerprint density at radius 2 is 1.81 bits per heavy atom. The van der Waals surface area contributed by atoms with Gasteiger partial charge in [0.05, 0.1) is 18.1 Å². The van der Waals surface area contributed by atoms with Crippen LogP contribution in [0.5, 0.6) is 0 Å². The quantitative estimate of drug-likeness (QED) is 0.688. The molecule has 0 saturated carbocycles. The minimum atomic E-state index is -3.73. The van der Waals surface area contributed by atoms with Crippen molar-refractivity contribution < 1.29 is 17.6 Å². The highest BCUT2D eigenvalue weighted by atomic mass is 32.2. The van der Waals surface area contributed by atoms with E-state index in [9.17, 15) is 8.42 Å². The maximum absolute atomic E-state index is 13.2. The molecular formula is C19H26N2O4S. The van der Waals surface area contributed by atoms with E-state index in [-0.39, 0.29) is 9.92 Å². The van der Waals surface area contributed by atoms with Crippen molar-refractivity contribution in [3.05, 3.63) is 35.7 Å². The van der Waals surface area contributed by atoms with Crippen molar-refractivity contribution in [2.45, 2.75) is 49.5 Å². The Hall–Kier alpha value is -1.86. The van der Waals surface area contributed by atoms with Gasteiger partial charge in [-0.1, -0.05) is 37.5 Å². The predicted octanol–water partition coefficient (Wildman–Crippen LogP) is 3.39. The highest BCUT2D eigenvalue weighted by molar-refractivity contribution is 7.91. The van der Waals surface area contributed by atoms with Gasteiger partial charge in [0.15, 0.2) is 5.89 Å². The van der Waals surface area contributed by atoms with Crippen LogP contribution < -0.4 is 4.90 Å². The number of hydrogen-bond acceptors (Lipinski definition) is 6. The van der Waals surface area contributed by atoms with Gasteiger partial charge in [0.1, 0.15) is 0 Å². The summed E-state index contributed by atoms with van der Waals surface area (Å²) in [6.07, 6.45) is 3.74. The molecule has 7 heteroatoms. The third kappa shape index (κ3) is 4.10. The Bertz CT molecular complexity index is 822. The number of rotatable bonds is 7. The molecule has 1 aromatic carbocycles. The molecule has 0 radical (unpaired) electrons. The van der Waals surface area contributed by atoms with Crippen molar-refractivity contribution in [3.63, 3.8) is 0 Å². The van der Waals surface area contributed by atoms with Gasteiger partial charge in [0.2, 0.25) is 20.7 Å². The van der Waals surface area contributed by atoms with E-state index in [2.05, 4.69) is 11.9 Å². The number of ether oxygens (including phenoxy) is 1. The molecule has 0 amide bonds. The van der Waals surface area contributed by atoms with E-state index in [1.807, 2.05) is 11.8 Å². The van der Waals surface area contributed by atoms with Crippen LogP contribution in [0.2, 0.25) is 0 Å². The van der Waals surface area contributed by atoms with Crippen LogP contribution in [-0.4, -0.2) is 39.7 Å². The Balaban J connectivity index is 1.98. The molecule has 1 saturated heterocycles. The monoisotopic (exact) mass is 378 g/mol. The van der Waals surface area contributed by atoms with Crippen LogP contribution in [0.1, 0.15) is 37.6 Å². The van der Waals surface area contributed by atoms with E-state index in [4.69, 9.17) is 9.15 Å². The number of hydrogen-bond donors (Lipinski definition) is 0. The molecule has 0 N–H and O–H groups in total. The number of nitrogens with zero attached hydrogens (tertiary/aromatic N) is 2. The fourth-order valence-corrected chi connectivity index (χ4v) is 4.28. The molecule has 0 bridgehead atoms. The predicted molar refractivity (Wildman–Crippen MR) is 99.4 cm³/mol. The SMILES string of the molecule is CCCCCc1nc(S(=O)(=O)c2ccc(C)cc2)c(N2CCOCC2)o1. The standard InChI is InChI=1S/C19H26N2O4S/c1-3-4-5-6-17-20-18(19(25-17)21-11-13-24-14-12-21)26(22,23)16-9-7-15(2)8-10-16/h7-10H,3-6,11-14H2,1-2H3. The van der Waals surface area contributed by atoms with Crippen molar-refractivity contribution >= 4 is 15.7 Å². The van der Waals surface area contributed by atoms with Gasteiger partial charge in [-0.05, 0) is 25.5 Å². The molecule has 1 aromatic heterocycles. The number of aryl methyl sites for hydroxylation is 2. The van der Waals surface area contributed by atoms with E-state index in [0.29, 0.717) is 44.5 Å². The highest BCUT2D eigenvalue weighted by Crippen LogP contribution is 2.32. The summed E-state index contributed by atoms with van der Waals surface area (Å²) in [6, 6.07) is 6.84. The second-order valence-electron chi connectivity index (χ2n) is 6.59. The van der Waals surface area contributed by atoms with E-state index in [1.54, 1.807) is 24.3 Å². The van der Waals surface area contributed by atoms with Crippen molar-refractivity contribution in [2.24, 2.45) is 0 Å². The smallest absolute Gasteiger partial charge is 0.236 e. The van der Waals surface area contributed by atoms with Crippen molar-refractivity contribution in [1.82, 2.24) is 4.98 Å². The Kier molecular flexibility index (Phi) is 5.98. The first-order valence-corrected chi connectivity index (χ1v) is 10.6. The topological polar surface area (TPSA) is 72.6 Å². The Morgan fingerprint density at radius 3 is 2.46 bits per heavy atom. The van der Waals surface area contributed by atoms with Crippen LogP contribution in [-0.2, 0) is 21.0 Å². The van der Waals surface area contributed by atoms with Crippen molar-refractivity contribution in [1.29, 1.82) is 0 Å². The fraction of sp³-hybridized carbons (Fsp3) is 0.526. The molecule has 0 spiro atoms. The van der Waals surface area contributed by atoms with Gasteiger partial charge in [-0.3, -0.25) is 0 Å².